The lowest BCUT2D eigenvalue weighted by Crippen LogP contribution is -2.43. The van der Waals surface area contributed by atoms with E-state index in [0.717, 1.165) is 24.8 Å². The van der Waals surface area contributed by atoms with Crippen LogP contribution in [0.1, 0.15) is 51.0 Å². The fraction of sp³-hybridized carbons (Fsp3) is 0.550. The van der Waals surface area contributed by atoms with Gasteiger partial charge in [0.2, 0.25) is 5.91 Å². The molecule has 28 heavy (non-hydrogen) atoms. The topological polar surface area (TPSA) is 125 Å². The summed E-state index contributed by atoms with van der Waals surface area (Å²) < 4.78 is 5.00. The van der Waals surface area contributed by atoms with Gasteiger partial charge in [-0.1, -0.05) is 62.9 Å². The van der Waals surface area contributed by atoms with Crippen LogP contribution < -0.4 is 10.6 Å². The van der Waals surface area contributed by atoms with Crippen molar-refractivity contribution in [2.24, 2.45) is 0 Å². The monoisotopic (exact) mass is 394 g/mol. The number of nitrogens with one attached hydrogen (secondary N) is 2. The number of carbonyl (C=O) groups excluding carboxylic acids is 2. The van der Waals surface area contributed by atoms with Crippen molar-refractivity contribution >= 4 is 18.0 Å². The van der Waals surface area contributed by atoms with Crippen molar-refractivity contribution in [1.82, 2.24) is 10.6 Å². The van der Waals surface area contributed by atoms with Crippen molar-refractivity contribution < 1.29 is 29.3 Å². The normalized spacial score (nSPS) is 12.6. The van der Waals surface area contributed by atoms with Crippen molar-refractivity contribution in [3.63, 3.8) is 0 Å². The summed E-state index contributed by atoms with van der Waals surface area (Å²) >= 11 is 0. The summed E-state index contributed by atoms with van der Waals surface area (Å²) in [5, 5.41) is 23.9. The van der Waals surface area contributed by atoms with Crippen LogP contribution in [0.3, 0.4) is 0 Å². The zero-order valence-electron chi connectivity index (χ0n) is 16.2. The zero-order chi connectivity index (χ0) is 20.8. The minimum absolute atomic E-state index is 0.0988. The number of aliphatic hydroxyl groups is 1. The number of carboxylic acids is 1. The summed E-state index contributed by atoms with van der Waals surface area (Å²) in [4.78, 5) is 34.8. The van der Waals surface area contributed by atoms with Gasteiger partial charge in [-0.2, -0.15) is 0 Å². The van der Waals surface area contributed by atoms with Crippen molar-refractivity contribution in [3.8, 4) is 0 Å². The van der Waals surface area contributed by atoms with E-state index < -0.39 is 30.1 Å². The van der Waals surface area contributed by atoms with Crippen molar-refractivity contribution in [2.45, 2.75) is 64.2 Å². The molecule has 4 N–H and O–H groups in total. The molecule has 8 nitrogen and oxygen atoms in total. The Kier molecular flexibility index (Phi) is 11.3. The predicted octanol–water partition coefficient (Wildman–Crippen LogP) is 2.20. The second-order valence-corrected chi connectivity index (χ2v) is 6.61. The van der Waals surface area contributed by atoms with Crippen LogP contribution in [-0.2, 0) is 20.9 Å². The number of ether oxygens (including phenoxy) is 1. The minimum atomic E-state index is -1.14. The molecule has 0 radical (unpaired) electrons. The van der Waals surface area contributed by atoms with Gasteiger partial charge in [-0.15, -0.1) is 0 Å². The van der Waals surface area contributed by atoms with E-state index >= 15 is 0 Å². The highest BCUT2D eigenvalue weighted by Crippen LogP contribution is 2.06. The van der Waals surface area contributed by atoms with Gasteiger partial charge >= 0.3 is 12.1 Å². The molecule has 0 bridgehead atoms. The van der Waals surface area contributed by atoms with Gasteiger partial charge in [-0.05, 0) is 12.0 Å². The van der Waals surface area contributed by atoms with Gasteiger partial charge in [-0.3, -0.25) is 4.79 Å². The maximum atomic E-state index is 11.9. The summed E-state index contributed by atoms with van der Waals surface area (Å²) in [5.41, 5.74) is 0.830. The molecule has 1 aromatic rings. The number of unbranched alkanes of at least 4 members (excludes halogenated alkanes) is 3. The predicted molar refractivity (Wildman–Crippen MR) is 104 cm³/mol. The fourth-order valence-electron chi connectivity index (χ4n) is 2.55. The van der Waals surface area contributed by atoms with Crippen molar-refractivity contribution in [3.05, 3.63) is 35.9 Å². The van der Waals surface area contributed by atoms with Crippen molar-refractivity contribution in [2.75, 3.05) is 6.54 Å². The molecule has 1 aromatic carbocycles. The first kappa shape index (κ1) is 23.4. The Morgan fingerprint density at radius 1 is 1.11 bits per heavy atom. The number of amides is 2. The Balaban J connectivity index is 2.26. The van der Waals surface area contributed by atoms with E-state index in [1.807, 2.05) is 30.3 Å². The van der Waals surface area contributed by atoms with Gasteiger partial charge in [-0.25, -0.2) is 9.59 Å². The molecule has 156 valence electrons. The molecular weight excluding hydrogens is 364 g/mol. The highest BCUT2D eigenvalue weighted by molar-refractivity contribution is 5.83. The van der Waals surface area contributed by atoms with E-state index in [1.54, 1.807) is 0 Å². The number of benzene rings is 1. The second-order valence-electron chi connectivity index (χ2n) is 6.61. The van der Waals surface area contributed by atoms with Gasteiger partial charge in [0, 0.05) is 6.54 Å². The molecule has 2 amide bonds. The van der Waals surface area contributed by atoms with Crippen LogP contribution >= 0.6 is 0 Å². The average molecular weight is 394 g/mol. The summed E-state index contributed by atoms with van der Waals surface area (Å²) in [5.74, 6) is -1.67. The van der Waals surface area contributed by atoms with Crippen LogP contribution in [-0.4, -0.2) is 46.9 Å². The van der Waals surface area contributed by atoms with Crippen LogP contribution in [0.4, 0.5) is 4.79 Å². The molecular formula is C20H30N2O6. The van der Waals surface area contributed by atoms with Crippen LogP contribution in [0.5, 0.6) is 0 Å². The molecule has 0 aliphatic rings. The molecule has 8 heteroatoms. The first-order chi connectivity index (χ1) is 13.4. The Morgan fingerprint density at radius 2 is 1.82 bits per heavy atom. The third kappa shape index (κ3) is 10.5. The fourth-order valence-corrected chi connectivity index (χ4v) is 2.55. The molecule has 0 saturated heterocycles. The van der Waals surface area contributed by atoms with Gasteiger partial charge in [0.1, 0.15) is 12.6 Å². The minimum Gasteiger partial charge on any atom is -0.480 e. The average Bonchev–Trinajstić information content (AvgIpc) is 2.67. The highest BCUT2D eigenvalue weighted by Gasteiger charge is 2.21. The Bertz CT molecular complexity index is 608. The van der Waals surface area contributed by atoms with E-state index in [4.69, 9.17) is 4.74 Å². The Labute approximate surface area is 165 Å². The van der Waals surface area contributed by atoms with Crippen molar-refractivity contribution in [1.29, 1.82) is 0 Å². The third-order valence-electron chi connectivity index (χ3n) is 4.10. The lowest BCUT2D eigenvalue weighted by atomic mass is 10.1. The lowest BCUT2D eigenvalue weighted by molar-refractivity contribution is -0.142. The number of alkyl carbamates (subject to hydrolysis) is 1. The molecule has 0 aromatic heterocycles. The first-order valence-corrected chi connectivity index (χ1v) is 9.57. The molecule has 0 saturated carbocycles. The number of rotatable bonds is 13. The summed E-state index contributed by atoms with van der Waals surface area (Å²) in [6.45, 7) is 1.99. The van der Waals surface area contributed by atoms with E-state index in [2.05, 4.69) is 17.6 Å². The largest absolute Gasteiger partial charge is 0.480 e. The van der Waals surface area contributed by atoms with Crippen LogP contribution in [0.25, 0.3) is 0 Å². The highest BCUT2D eigenvalue weighted by atomic mass is 16.5. The SMILES string of the molecule is CCCCCC[C@@H](NC(=O)C[C@H](O)CNC(=O)OCc1ccccc1)C(=O)O. The quantitative estimate of drug-likeness (QED) is 0.380. The van der Waals surface area contributed by atoms with E-state index in [0.29, 0.717) is 12.8 Å². The molecule has 0 heterocycles. The lowest BCUT2D eigenvalue weighted by Gasteiger charge is -2.16. The van der Waals surface area contributed by atoms with Gasteiger partial charge < -0.3 is 25.6 Å². The summed E-state index contributed by atoms with van der Waals surface area (Å²) in [6, 6.07) is 8.16. The molecule has 0 unspecified atom stereocenters. The summed E-state index contributed by atoms with van der Waals surface area (Å²) in [7, 11) is 0. The number of aliphatic carboxylic acids is 1. The van der Waals surface area contributed by atoms with Crippen LogP contribution in [0.2, 0.25) is 0 Å². The van der Waals surface area contributed by atoms with Gasteiger partial charge in [0.15, 0.2) is 0 Å². The third-order valence-corrected chi connectivity index (χ3v) is 4.10. The Morgan fingerprint density at radius 3 is 2.46 bits per heavy atom. The van der Waals surface area contributed by atoms with Crippen LogP contribution in [0, 0.1) is 0 Å². The molecule has 0 fully saturated rings. The Hall–Kier alpha value is -2.61. The second kappa shape index (κ2) is 13.5. The van der Waals surface area contributed by atoms with E-state index in [-0.39, 0.29) is 19.6 Å². The number of carboxylic acid groups (broad SMARTS) is 1. The summed E-state index contributed by atoms with van der Waals surface area (Å²) in [6.07, 6.45) is 1.87. The molecule has 0 spiro atoms. The molecule has 1 rings (SSSR count). The van der Waals surface area contributed by atoms with Gasteiger partial charge in [0.25, 0.3) is 0 Å². The smallest absolute Gasteiger partial charge is 0.407 e. The number of hydrogen-bond donors (Lipinski definition) is 4. The maximum Gasteiger partial charge on any atom is 0.407 e. The molecule has 0 aliphatic heterocycles. The first-order valence-electron chi connectivity index (χ1n) is 9.57. The molecule has 0 aliphatic carbocycles. The number of aliphatic hydroxyl groups excluding tert-OH is 1. The molecule has 2 atom stereocenters. The zero-order valence-corrected chi connectivity index (χ0v) is 16.2. The van der Waals surface area contributed by atoms with Gasteiger partial charge in [0.05, 0.1) is 12.5 Å². The van der Waals surface area contributed by atoms with Crippen LogP contribution in [0.15, 0.2) is 30.3 Å². The number of hydrogen-bond acceptors (Lipinski definition) is 5. The van der Waals surface area contributed by atoms with E-state index in [1.165, 1.54) is 0 Å². The standard InChI is InChI=1S/C20H30N2O6/c1-2-3-4-8-11-17(19(25)26)22-18(24)12-16(23)13-21-20(27)28-14-15-9-6-5-7-10-15/h5-7,9-10,16-17,23H,2-4,8,11-14H2,1H3,(H,21,27)(H,22,24)(H,25,26)/t16-,17+/m0/s1. The number of carbonyl (C=O) groups is 3. The van der Waals surface area contributed by atoms with E-state index in [9.17, 15) is 24.6 Å². The maximum absolute atomic E-state index is 11.9.